The van der Waals surface area contributed by atoms with Crippen LogP contribution in [0.5, 0.6) is 0 Å². The van der Waals surface area contributed by atoms with E-state index in [9.17, 15) is 36.3 Å². The Morgan fingerprint density at radius 3 is 2.22 bits per heavy atom. The third-order valence-corrected chi connectivity index (χ3v) is 8.93. The molecule has 14 heteroatoms. The van der Waals surface area contributed by atoms with E-state index in [2.05, 4.69) is 21.2 Å². The number of nitrogens with one attached hydrogen (secondary N) is 1. The Balaban J connectivity index is 1.52. The van der Waals surface area contributed by atoms with Crippen LogP contribution >= 0.6 is 62.3 Å². The van der Waals surface area contributed by atoms with Crippen molar-refractivity contribution in [2.75, 3.05) is 5.32 Å². The van der Waals surface area contributed by atoms with Gasteiger partial charge in [0.25, 0.3) is 0 Å². The van der Waals surface area contributed by atoms with Crippen LogP contribution in [0.1, 0.15) is 33.0 Å². The van der Waals surface area contributed by atoms with E-state index < -0.39 is 75.4 Å². The Labute approximate surface area is 258 Å². The van der Waals surface area contributed by atoms with Gasteiger partial charge in [-0.1, -0.05) is 35.3 Å². The summed E-state index contributed by atoms with van der Waals surface area (Å²) >= 11 is 28.3. The molecule has 0 saturated heterocycles. The van der Waals surface area contributed by atoms with Crippen molar-refractivity contribution in [3.8, 4) is 0 Å². The molecule has 4 rings (SSSR count). The monoisotopic (exact) mass is 715 g/mol. The first-order valence-corrected chi connectivity index (χ1v) is 13.8. The average molecular weight is 718 g/mol. The number of hydrogen-bond acceptors (Lipinski definition) is 3. The summed E-state index contributed by atoms with van der Waals surface area (Å²) in [6.07, 6.45) is -7.58. The smallest absolute Gasteiger partial charge is 0.326 e. The normalized spacial score (nSPS) is 17.7. The van der Waals surface area contributed by atoms with Gasteiger partial charge in [-0.15, -0.1) is 23.2 Å². The molecule has 1 fully saturated rings. The maximum atomic E-state index is 14.9. The first-order chi connectivity index (χ1) is 19.0. The molecule has 1 aliphatic carbocycles. The highest BCUT2D eigenvalue weighted by molar-refractivity contribution is 9.10. The molecule has 4 nitrogen and oxygen atoms in total. The summed E-state index contributed by atoms with van der Waals surface area (Å²) in [7, 11) is 0. The summed E-state index contributed by atoms with van der Waals surface area (Å²) in [6.45, 7) is 0. The van der Waals surface area contributed by atoms with E-state index in [4.69, 9.17) is 46.4 Å². The molecule has 2 unspecified atom stereocenters. The third-order valence-electron chi connectivity index (χ3n) is 6.44. The van der Waals surface area contributed by atoms with Crippen LogP contribution in [-0.4, -0.2) is 28.0 Å². The molecule has 0 heterocycles. The Kier molecular flexibility index (Phi) is 9.12. The lowest BCUT2D eigenvalue weighted by Gasteiger charge is -2.12. The number of ketones is 2. The standard InChI is InChI=1S/C27H15BrCl4F5NO3/c28-16-7-11(1-4-18(16)30)22-23(26(22,31)32)25(41)38-13-3-5-17(29)14(9-13)20(39)8-12-2-6-19(33)15(24(12)34)10-21(40)27(35,36)37/h1-7,9,22-23H,8,10H2,(H,38,41). The number of amides is 1. The summed E-state index contributed by atoms with van der Waals surface area (Å²) < 4.78 is 65.9. The van der Waals surface area contributed by atoms with E-state index >= 15 is 0 Å². The molecule has 0 radical (unpaired) electrons. The van der Waals surface area contributed by atoms with Gasteiger partial charge in [0.15, 0.2) is 5.78 Å². The van der Waals surface area contributed by atoms with Gasteiger partial charge in [0.05, 0.1) is 16.0 Å². The number of anilines is 1. The molecule has 41 heavy (non-hydrogen) atoms. The van der Waals surface area contributed by atoms with Gasteiger partial charge in [-0.3, -0.25) is 14.4 Å². The lowest BCUT2D eigenvalue weighted by Crippen LogP contribution is -2.25. The first-order valence-electron chi connectivity index (χ1n) is 11.5. The molecular formula is C27H15BrCl4F5NO3. The Bertz CT molecular complexity index is 1580. The Morgan fingerprint density at radius 2 is 1.59 bits per heavy atom. The Morgan fingerprint density at radius 1 is 0.927 bits per heavy atom. The summed E-state index contributed by atoms with van der Waals surface area (Å²) in [5, 5.41) is 3.00. The number of benzene rings is 3. The summed E-state index contributed by atoms with van der Waals surface area (Å²) in [5.74, 6) is -7.93. The fraction of sp³-hybridized carbons (Fsp3) is 0.222. The molecule has 216 valence electrons. The van der Waals surface area contributed by atoms with Gasteiger partial charge in [0.1, 0.15) is 16.0 Å². The second-order valence-corrected chi connectivity index (χ2v) is 12.3. The molecule has 1 N–H and O–H groups in total. The molecule has 0 aromatic heterocycles. The number of carbonyl (C=O) groups is 3. The van der Waals surface area contributed by atoms with Crippen molar-refractivity contribution in [2.45, 2.75) is 29.3 Å². The number of halogens is 10. The van der Waals surface area contributed by atoms with E-state index in [0.717, 1.165) is 6.07 Å². The maximum absolute atomic E-state index is 14.9. The average Bonchev–Trinajstić information content (AvgIpc) is 3.47. The highest BCUT2D eigenvalue weighted by Gasteiger charge is 2.67. The molecule has 2 atom stereocenters. The van der Waals surface area contributed by atoms with Crippen molar-refractivity contribution in [1.82, 2.24) is 0 Å². The number of rotatable bonds is 8. The van der Waals surface area contributed by atoms with Crippen LogP contribution in [0.15, 0.2) is 53.0 Å². The summed E-state index contributed by atoms with van der Waals surface area (Å²) in [4.78, 5) is 37.3. The fourth-order valence-corrected chi connectivity index (χ4v) is 5.85. The minimum Gasteiger partial charge on any atom is -0.326 e. The van der Waals surface area contributed by atoms with Gasteiger partial charge in [0, 0.05) is 40.0 Å². The van der Waals surface area contributed by atoms with Gasteiger partial charge < -0.3 is 5.32 Å². The van der Waals surface area contributed by atoms with E-state index in [1.807, 2.05) is 0 Å². The second-order valence-electron chi connectivity index (χ2n) is 9.18. The largest absolute Gasteiger partial charge is 0.450 e. The van der Waals surface area contributed by atoms with Crippen molar-refractivity contribution in [1.29, 1.82) is 0 Å². The SMILES string of the molecule is O=C(Cc1ccc(F)c(CC(=O)C(F)(F)F)c1F)c1cc(NC(=O)C2C(c3ccc(Cl)c(Br)c3)C2(Cl)Cl)ccc1Cl. The molecule has 1 aliphatic rings. The lowest BCUT2D eigenvalue weighted by molar-refractivity contribution is -0.170. The fourth-order valence-electron chi connectivity index (χ4n) is 4.28. The molecule has 3 aromatic carbocycles. The van der Waals surface area contributed by atoms with Crippen LogP contribution in [0.4, 0.5) is 27.6 Å². The summed E-state index contributed by atoms with van der Waals surface area (Å²) in [5.41, 5.74) is -0.919. The molecule has 0 spiro atoms. The van der Waals surface area contributed by atoms with Crippen molar-refractivity contribution < 1.29 is 36.3 Å². The van der Waals surface area contributed by atoms with Gasteiger partial charge in [0.2, 0.25) is 11.7 Å². The highest BCUT2D eigenvalue weighted by atomic mass is 79.9. The van der Waals surface area contributed by atoms with Crippen LogP contribution in [0, 0.1) is 17.6 Å². The number of hydrogen-bond donors (Lipinski definition) is 1. The van der Waals surface area contributed by atoms with Gasteiger partial charge in [-0.25, -0.2) is 8.78 Å². The molecular weight excluding hydrogens is 703 g/mol. The lowest BCUT2D eigenvalue weighted by atomic mass is 9.98. The second kappa shape index (κ2) is 11.8. The molecule has 1 saturated carbocycles. The minimum atomic E-state index is -5.29. The predicted molar refractivity (Wildman–Crippen MR) is 149 cm³/mol. The number of Topliss-reactive ketones (excluding diaryl/α,β-unsaturated/α-hetero) is 2. The zero-order valence-electron chi connectivity index (χ0n) is 20.2. The maximum Gasteiger partial charge on any atom is 0.450 e. The van der Waals surface area contributed by atoms with Gasteiger partial charge in [-0.05, 0) is 63.5 Å². The summed E-state index contributed by atoms with van der Waals surface area (Å²) in [6, 6.07) is 10.5. The van der Waals surface area contributed by atoms with Crippen molar-refractivity contribution in [2.24, 2.45) is 5.92 Å². The molecule has 0 bridgehead atoms. The van der Waals surface area contributed by atoms with Gasteiger partial charge in [-0.2, -0.15) is 13.2 Å². The topological polar surface area (TPSA) is 63.2 Å². The van der Waals surface area contributed by atoms with Crippen LogP contribution < -0.4 is 5.32 Å². The zero-order valence-corrected chi connectivity index (χ0v) is 24.8. The molecule has 0 aliphatic heterocycles. The van der Waals surface area contributed by atoms with Gasteiger partial charge >= 0.3 is 6.18 Å². The first kappa shape index (κ1) is 31.7. The van der Waals surface area contributed by atoms with Crippen LogP contribution in [0.3, 0.4) is 0 Å². The predicted octanol–water partition coefficient (Wildman–Crippen LogP) is 8.66. The van der Waals surface area contributed by atoms with E-state index in [0.29, 0.717) is 21.1 Å². The molecule has 3 aromatic rings. The zero-order chi connectivity index (χ0) is 30.4. The van der Waals surface area contributed by atoms with Crippen LogP contribution in [0.25, 0.3) is 0 Å². The Hall–Kier alpha value is -2.24. The number of alkyl halides is 5. The molecule has 1 amide bonds. The number of carbonyl (C=O) groups excluding carboxylic acids is 3. The van der Waals surface area contributed by atoms with E-state index in [1.165, 1.54) is 18.2 Å². The van der Waals surface area contributed by atoms with Crippen LogP contribution in [-0.2, 0) is 22.4 Å². The van der Waals surface area contributed by atoms with Crippen molar-refractivity contribution >= 4 is 85.5 Å². The van der Waals surface area contributed by atoms with E-state index in [1.54, 1.807) is 18.2 Å². The van der Waals surface area contributed by atoms with Crippen LogP contribution in [0.2, 0.25) is 10.0 Å². The van der Waals surface area contributed by atoms with Crippen molar-refractivity contribution in [3.63, 3.8) is 0 Å². The quantitative estimate of drug-likeness (QED) is 0.144. The highest BCUT2D eigenvalue weighted by Crippen LogP contribution is 2.65. The minimum absolute atomic E-state index is 0.0673. The van der Waals surface area contributed by atoms with E-state index in [-0.39, 0.29) is 16.3 Å². The third kappa shape index (κ3) is 6.72. The van der Waals surface area contributed by atoms with Crippen molar-refractivity contribution in [3.05, 3.63) is 96.9 Å².